The number of benzene rings is 2. The SMILES string of the molecule is Cn1c(=O)c(-c2ccc(Cl)cc2)c(-c2ccc(O)cc2)c2nn(Cc3ccc(C(F)(F)F)nc3)c(=O)n21. The Morgan fingerprint density at radius 1 is 0.919 bits per heavy atom. The number of hydrogen-bond acceptors (Lipinski definition) is 5. The fourth-order valence-electron chi connectivity index (χ4n) is 4.04. The second kappa shape index (κ2) is 8.93. The van der Waals surface area contributed by atoms with Crippen LogP contribution in [0.4, 0.5) is 13.2 Å². The van der Waals surface area contributed by atoms with Crippen LogP contribution >= 0.6 is 11.6 Å². The summed E-state index contributed by atoms with van der Waals surface area (Å²) in [5, 5.41) is 14.7. The van der Waals surface area contributed by atoms with Crippen LogP contribution in [-0.4, -0.2) is 29.1 Å². The van der Waals surface area contributed by atoms with Crippen LogP contribution in [0.15, 0.2) is 76.4 Å². The van der Waals surface area contributed by atoms with E-state index in [1.165, 1.54) is 25.2 Å². The zero-order chi connectivity index (χ0) is 26.5. The van der Waals surface area contributed by atoms with E-state index >= 15 is 0 Å². The number of fused-ring (bicyclic) bond motifs is 1. The van der Waals surface area contributed by atoms with Gasteiger partial charge in [0, 0.05) is 23.8 Å². The van der Waals surface area contributed by atoms with Crippen LogP contribution in [0.1, 0.15) is 11.3 Å². The smallest absolute Gasteiger partial charge is 0.433 e. The molecule has 0 amide bonds. The quantitative estimate of drug-likeness (QED) is 0.375. The molecular formula is C25H17ClF3N5O3. The van der Waals surface area contributed by atoms with Gasteiger partial charge in [-0.05, 0) is 47.0 Å². The molecule has 0 atom stereocenters. The van der Waals surface area contributed by atoms with Crippen LogP contribution < -0.4 is 11.2 Å². The lowest BCUT2D eigenvalue weighted by atomic mass is 9.96. The molecule has 1 N–H and O–H groups in total. The Balaban J connectivity index is 1.75. The summed E-state index contributed by atoms with van der Waals surface area (Å²) < 4.78 is 41.9. The molecule has 0 saturated carbocycles. The molecule has 0 aliphatic carbocycles. The Labute approximate surface area is 211 Å². The number of aromatic hydroxyl groups is 1. The highest BCUT2D eigenvalue weighted by Crippen LogP contribution is 2.33. The van der Waals surface area contributed by atoms with E-state index in [1.54, 1.807) is 36.4 Å². The van der Waals surface area contributed by atoms with E-state index < -0.39 is 23.1 Å². The second-order valence-electron chi connectivity index (χ2n) is 8.26. The Morgan fingerprint density at radius 2 is 1.54 bits per heavy atom. The van der Waals surface area contributed by atoms with Crippen LogP contribution in [0.25, 0.3) is 27.9 Å². The van der Waals surface area contributed by atoms with Gasteiger partial charge in [0.05, 0.1) is 12.1 Å². The molecule has 0 aliphatic rings. The van der Waals surface area contributed by atoms with Crippen LogP contribution in [0.5, 0.6) is 5.75 Å². The van der Waals surface area contributed by atoms with E-state index in [-0.39, 0.29) is 23.5 Å². The van der Waals surface area contributed by atoms with E-state index in [2.05, 4.69) is 10.1 Å². The molecule has 3 aromatic heterocycles. The van der Waals surface area contributed by atoms with Crippen molar-refractivity contribution in [1.29, 1.82) is 0 Å². The topological polar surface area (TPSA) is 94.4 Å². The van der Waals surface area contributed by atoms with E-state index in [0.29, 0.717) is 27.3 Å². The van der Waals surface area contributed by atoms with Gasteiger partial charge in [-0.25, -0.2) is 14.2 Å². The van der Waals surface area contributed by atoms with Crippen molar-refractivity contribution in [1.82, 2.24) is 24.0 Å². The lowest BCUT2D eigenvalue weighted by Gasteiger charge is -2.13. The van der Waals surface area contributed by atoms with Crippen LogP contribution in [0.2, 0.25) is 5.02 Å². The largest absolute Gasteiger partial charge is 0.508 e. The van der Waals surface area contributed by atoms with Crippen LogP contribution in [-0.2, 0) is 19.8 Å². The summed E-state index contributed by atoms with van der Waals surface area (Å²) in [5.41, 5.74) is -0.118. The first-order valence-corrected chi connectivity index (χ1v) is 11.2. The molecule has 37 heavy (non-hydrogen) atoms. The van der Waals surface area contributed by atoms with Crippen molar-refractivity contribution < 1.29 is 18.3 Å². The van der Waals surface area contributed by atoms with Crippen LogP contribution in [0, 0.1) is 0 Å². The standard InChI is InChI=1S/C25H17ClF3N5O3/c1-32-23(36)21(16-3-7-17(26)8-4-16)20(15-5-9-18(35)10-6-15)22-31-33(24(37)34(22)32)13-14-2-11-19(30-12-14)25(27,28)29/h2-12,35H,13H2,1H3. The van der Waals surface area contributed by atoms with Gasteiger partial charge in [0.1, 0.15) is 11.4 Å². The number of phenols is 1. The molecule has 5 aromatic rings. The fourth-order valence-corrected chi connectivity index (χ4v) is 4.17. The molecule has 0 radical (unpaired) electrons. The van der Waals surface area contributed by atoms with Crippen molar-refractivity contribution in [3.05, 3.63) is 104 Å². The molecule has 0 aliphatic heterocycles. The summed E-state index contributed by atoms with van der Waals surface area (Å²) in [5.74, 6) is 0.00868. The van der Waals surface area contributed by atoms with Crippen molar-refractivity contribution in [2.45, 2.75) is 12.7 Å². The average Bonchev–Trinajstić information content (AvgIpc) is 3.18. The summed E-state index contributed by atoms with van der Waals surface area (Å²) in [6.45, 7) is -0.175. The molecule has 0 bridgehead atoms. The molecule has 8 nitrogen and oxygen atoms in total. The van der Waals surface area contributed by atoms with Gasteiger partial charge in [-0.15, -0.1) is 5.10 Å². The normalized spacial score (nSPS) is 11.8. The lowest BCUT2D eigenvalue weighted by molar-refractivity contribution is -0.141. The maximum Gasteiger partial charge on any atom is 0.433 e. The third-order valence-electron chi connectivity index (χ3n) is 5.84. The molecular weight excluding hydrogens is 511 g/mol. The molecule has 3 heterocycles. The highest BCUT2D eigenvalue weighted by Gasteiger charge is 2.32. The van der Waals surface area contributed by atoms with Gasteiger partial charge in [-0.1, -0.05) is 41.9 Å². The number of nitrogens with zero attached hydrogens (tertiary/aromatic N) is 5. The van der Waals surface area contributed by atoms with Gasteiger partial charge in [-0.2, -0.15) is 17.7 Å². The average molecular weight is 528 g/mol. The van der Waals surface area contributed by atoms with Gasteiger partial charge in [0.15, 0.2) is 5.65 Å². The third-order valence-corrected chi connectivity index (χ3v) is 6.09. The first kappa shape index (κ1) is 24.3. The number of phenolic OH excluding ortho intramolecular Hbond substituents is 1. The lowest BCUT2D eigenvalue weighted by Crippen LogP contribution is -2.33. The van der Waals surface area contributed by atoms with Crippen molar-refractivity contribution in [2.24, 2.45) is 7.05 Å². The third kappa shape index (κ3) is 4.38. The second-order valence-corrected chi connectivity index (χ2v) is 8.69. The van der Waals surface area contributed by atoms with Gasteiger partial charge >= 0.3 is 11.9 Å². The summed E-state index contributed by atoms with van der Waals surface area (Å²) in [7, 11) is 1.42. The summed E-state index contributed by atoms with van der Waals surface area (Å²) >= 11 is 6.04. The maximum atomic E-state index is 13.5. The molecule has 12 heteroatoms. The predicted octanol–water partition coefficient (Wildman–Crippen LogP) is 4.35. The molecule has 0 fully saturated rings. The minimum atomic E-state index is -4.59. The molecule has 0 saturated heterocycles. The van der Waals surface area contributed by atoms with Gasteiger partial charge in [-0.3, -0.25) is 9.78 Å². The first-order valence-electron chi connectivity index (χ1n) is 10.8. The Bertz CT molecular complexity index is 1740. The number of rotatable bonds is 4. The highest BCUT2D eigenvalue weighted by atomic mass is 35.5. The first-order chi connectivity index (χ1) is 17.5. The van der Waals surface area contributed by atoms with Crippen molar-refractivity contribution in [3.63, 3.8) is 0 Å². The molecule has 0 unspecified atom stereocenters. The summed E-state index contributed by atoms with van der Waals surface area (Å²) in [6.07, 6.45) is -3.56. The van der Waals surface area contributed by atoms with Gasteiger partial charge in [0.25, 0.3) is 5.56 Å². The molecule has 2 aromatic carbocycles. The number of alkyl halides is 3. The monoisotopic (exact) mass is 527 g/mol. The Hall–Kier alpha value is -4.38. The fraction of sp³-hybridized carbons (Fsp3) is 0.120. The van der Waals surface area contributed by atoms with Crippen molar-refractivity contribution in [2.75, 3.05) is 0 Å². The number of aromatic nitrogens is 5. The number of hydrogen-bond donors (Lipinski definition) is 1. The van der Waals surface area contributed by atoms with E-state index in [9.17, 15) is 27.9 Å². The van der Waals surface area contributed by atoms with E-state index in [1.807, 2.05) is 0 Å². The van der Waals surface area contributed by atoms with E-state index in [4.69, 9.17) is 11.6 Å². The number of pyridine rings is 1. The maximum absolute atomic E-state index is 13.5. The minimum Gasteiger partial charge on any atom is -0.508 e. The summed E-state index contributed by atoms with van der Waals surface area (Å²) in [6, 6.07) is 14.7. The van der Waals surface area contributed by atoms with Gasteiger partial charge < -0.3 is 5.11 Å². The minimum absolute atomic E-state index is 0.00868. The van der Waals surface area contributed by atoms with Crippen molar-refractivity contribution >= 4 is 17.2 Å². The highest BCUT2D eigenvalue weighted by molar-refractivity contribution is 6.30. The predicted molar refractivity (Wildman–Crippen MR) is 131 cm³/mol. The number of aryl methyl sites for hydroxylation is 1. The number of halogens is 4. The van der Waals surface area contributed by atoms with E-state index in [0.717, 1.165) is 26.1 Å². The van der Waals surface area contributed by atoms with Crippen molar-refractivity contribution in [3.8, 4) is 28.0 Å². The zero-order valence-electron chi connectivity index (χ0n) is 19.1. The molecule has 0 spiro atoms. The summed E-state index contributed by atoms with van der Waals surface area (Å²) in [4.78, 5) is 30.3. The Kier molecular flexibility index (Phi) is 5.87. The Morgan fingerprint density at radius 3 is 2.14 bits per heavy atom. The molecule has 5 rings (SSSR count). The van der Waals surface area contributed by atoms with Gasteiger partial charge in [0.2, 0.25) is 0 Å². The van der Waals surface area contributed by atoms with Crippen LogP contribution in [0.3, 0.4) is 0 Å². The molecule has 188 valence electrons. The zero-order valence-corrected chi connectivity index (χ0v) is 19.8.